The second-order valence-corrected chi connectivity index (χ2v) is 4.02. The van der Waals surface area contributed by atoms with Gasteiger partial charge in [-0.3, -0.25) is 4.79 Å². The third kappa shape index (κ3) is 2.91. The van der Waals surface area contributed by atoms with E-state index in [1.807, 2.05) is 0 Å². The van der Waals surface area contributed by atoms with Crippen molar-refractivity contribution in [2.24, 2.45) is 0 Å². The lowest BCUT2D eigenvalue weighted by Crippen LogP contribution is -2.39. The Morgan fingerprint density at radius 2 is 2.00 bits per heavy atom. The summed E-state index contributed by atoms with van der Waals surface area (Å²) >= 11 is 0. The molecule has 1 rings (SSSR count). The van der Waals surface area contributed by atoms with Crippen molar-refractivity contribution < 1.29 is 18.3 Å². The monoisotopic (exact) mass is 244 g/mol. The van der Waals surface area contributed by atoms with E-state index in [0.29, 0.717) is 6.07 Å². The minimum Gasteiger partial charge on any atom is -0.397 e. The highest BCUT2D eigenvalue weighted by Crippen LogP contribution is 2.25. The molecule has 1 aromatic rings. The fraction of sp³-hybridized carbons (Fsp3) is 0.364. The predicted octanol–water partition coefficient (Wildman–Crippen LogP) is 1.91. The van der Waals surface area contributed by atoms with Crippen LogP contribution < -0.4 is 11.1 Å². The molecule has 0 aliphatic rings. The smallest absolute Gasteiger partial charge is 0.256 e. The predicted molar refractivity (Wildman–Crippen MR) is 60.5 cm³/mol. The zero-order chi connectivity index (χ0) is 13.2. The number of ether oxygens (including phenoxy) is 1. The molecule has 3 N–H and O–H groups in total. The lowest BCUT2D eigenvalue weighted by atomic mass is 10.1. The molecule has 1 amide bonds. The van der Waals surface area contributed by atoms with E-state index in [2.05, 4.69) is 5.32 Å². The number of rotatable bonds is 3. The normalized spacial score (nSPS) is 11.4. The van der Waals surface area contributed by atoms with Gasteiger partial charge in [-0.1, -0.05) is 0 Å². The minimum atomic E-state index is -1.13. The van der Waals surface area contributed by atoms with E-state index in [1.54, 1.807) is 0 Å². The maximum absolute atomic E-state index is 13.4. The lowest BCUT2D eigenvalue weighted by molar-refractivity contribution is -0.133. The van der Waals surface area contributed by atoms with E-state index in [-0.39, 0.29) is 11.4 Å². The summed E-state index contributed by atoms with van der Waals surface area (Å²) in [4.78, 5) is 11.7. The molecule has 0 atom stereocenters. The van der Waals surface area contributed by atoms with Crippen molar-refractivity contribution >= 4 is 17.3 Å². The molecule has 6 heteroatoms. The van der Waals surface area contributed by atoms with Crippen molar-refractivity contribution in [2.75, 3.05) is 18.2 Å². The quantitative estimate of drug-likeness (QED) is 0.798. The number of hydrogen-bond donors (Lipinski definition) is 2. The van der Waals surface area contributed by atoms with Crippen molar-refractivity contribution in [3.63, 3.8) is 0 Å². The van der Waals surface area contributed by atoms with Gasteiger partial charge in [0.15, 0.2) is 5.82 Å². The topological polar surface area (TPSA) is 64.3 Å². The molecule has 0 saturated heterocycles. The molecular weight excluding hydrogens is 230 g/mol. The minimum absolute atomic E-state index is 0.178. The summed E-state index contributed by atoms with van der Waals surface area (Å²) in [6, 6.07) is 1.57. The van der Waals surface area contributed by atoms with E-state index in [1.165, 1.54) is 21.0 Å². The molecule has 0 saturated carbocycles. The van der Waals surface area contributed by atoms with Gasteiger partial charge in [0.2, 0.25) is 0 Å². The van der Waals surface area contributed by atoms with Gasteiger partial charge in [0, 0.05) is 13.2 Å². The number of halogens is 2. The maximum atomic E-state index is 13.4. The van der Waals surface area contributed by atoms with Crippen LogP contribution in [0.25, 0.3) is 0 Å². The summed E-state index contributed by atoms with van der Waals surface area (Å²) in [6.45, 7) is 3.03. The molecule has 0 aliphatic carbocycles. The second kappa shape index (κ2) is 4.67. The van der Waals surface area contributed by atoms with Crippen LogP contribution in [0.2, 0.25) is 0 Å². The second-order valence-electron chi connectivity index (χ2n) is 4.02. The molecule has 4 nitrogen and oxygen atoms in total. The van der Waals surface area contributed by atoms with Gasteiger partial charge in [-0.25, -0.2) is 8.78 Å². The third-order valence-corrected chi connectivity index (χ3v) is 2.38. The Hall–Kier alpha value is -1.69. The fourth-order valence-corrected chi connectivity index (χ4v) is 1.08. The first-order chi connectivity index (χ1) is 7.77. The molecule has 94 valence electrons. The first-order valence-electron chi connectivity index (χ1n) is 4.89. The average molecular weight is 244 g/mol. The number of carbonyl (C=O) groups is 1. The summed E-state index contributed by atoms with van der Waals surface area (Å²) in [7, 11) is 1.35. The van der Waals surface area contributed by atoms with Gasteiger partial charge in [-0.2, -0.15) is 0 Å². The highest BCUT2D eigenvalue weighted by atomic mass is 19.1. The summed E-state index contributed by atoms with van der Waals surface area (Å²) in [5, 5.41) is 2.27. The molecule has 0 radical (unpaired) electrons. The molecule has 0 spiro atoms. The zero-order valence-electron chi connectivity index (χ0n) is 9.80. The molecule has 0 bridgehead atoms. The third-order valence-electron chi connectivity index (χ3n) is 2.38. The summed E-state index contributed by atoms with van der Waals surface area (Å²) in [5.74, 6) is -2.30. The largest absolute Gasteiger partial charge is 0.397 e. The van der Waals surface area contributed by atoms with Gasteiger partial charge in [0.05, 0.1) is 5.69 Å². The zero-order valence-corrected chi connectivity index (χ0v) is 9.80. The Morgan fingerprint density at radius 1 is 1.41 bits per heavy atom. The highest BCUT2D eigenvalue weighted by molar-refractivity contribution is 5.99. The van der Waals surface area contributed by atoms with Gasteiger partial charge < -0.3 is 15.8 Å². The average Bonchev–Trinajstić information content (AvgIpc) is 2.22. The molecular formula is C11H14F2N2O2. The summed E-state index contributed by atoms with van der Waals surface area (Å²) in [5.41, 5.74) is 3.86. The van der Waals surface area contributed by atoms with Crippen LogP contribution in [0.3, 0.4) is 0 Å². The van der Waals surface area contributed by atoms with Crippen molar-refractivity contribution in [2.45, 2.75) is 19.4 Å². The van der Waals surface area contributed by atoms with E-state index in [0.717, 1.165) is 6.07 Å². The lowest BCUT2D eigenvalue weighted by Gasteiger charge is -2.22. The number of benzene rings is 1. The number of nitrogens with two attached hydrogens (primary N) is 1. The van der Waals surface area contributed by atoms with E-state index in [4.69, 9.17) is 10.5 Å². The van der Waals surface area contributed by atoms with Crippen LogP contribution in [-0.4, -0.2) is 18.6 Å². The van der Waals surface area contributed by atoms with Gasteiger partial charge in [0.1, 0.15) is 17.1 Å². The van der Waals surface area contributed by atoms with Gasteiger partial charge in [-0.15, -0.1) is 0 Å². The van der Waals surface area contributed by atoms with E-state index >= 15 is 0 Å². The Morgan fingerprint density at radius 3 is 2.47 bits per heavy atom. The van der Waals surface area contributed by atoms with Crippen LogP contribution in [-0.2, 0) is 9.53 Å². The van der Waals surface area contributed by atoms with Gasteiger partial charge >= 0.3 is 0 Å². The van der Waals surface area contributed by atoms with Crippen molar-refractivity contribution in [1.29, 1.82) is 0 Å². The molecule has 17 heavy (non-hydrogen) atoms. The van der Waals surface area contributed by atoms with Crippen LogP contribution in [0.4, 0.5) is 20.2 Å². The highest BCUT2D eigenvalue weighted by Gasteiger charge is 2.28. The Bertz CT molecular complexity index is 424. The first kappa shape index (κ1) is 13.4. The first-order valence-corrected chi connectivity index (χ1v) is 4.89. The molecule has 0 aliphatic heterocycles. The summed E-state index contributed by atoms with van der Waals surface area (Å²) < 4.78 is 31.1. The number of nitrogens with one attached hydrogen (secondary N) is 1. The number of amides is 1. The molecule has 0 fully saturated rings. The van der Waals surface area contributed by atoms with Crippen LogP contribution in [0, 0.1) is 11.6 Å². The van der Waals surface area contributed by atoms with Crippen LogP contribution in [0.5, 0.6) is 0 Å². The fourth-order valence-electron chi connectivity index (χ4n) is 1.08. The van der Waals surface area contributed by atoms with E-state index in [9.17, 15) is 13.6 Å². The van der Waals surface area contributed by atoms with E-state index < -0.39 is 23.1 Å². The molecule has 1 aromatic carbocycles. The SMILES string of the molecule is COC(C)(C)C(=O)Nc1c(N)cc(F)cc1F. The van der Waals surface area contributed by atoms with Crippen LogP contribution >= 0.6 is 0 Å². The van der Waals surface area contributed by atoms with Gasteiger partial charge in [-0.05, 0) is 19.9 Å². The van der Waals surface area contributed by atoms with Crippen LogP contribution in [0.15, 0.2) is 12.1 Å². The Balaban J connectivity index is 3.01. The number of anilines is 2. The number of carbonyl (C=O) groups excluding carboxylic acids is 1. The summed E-state index contributed by atoms with van der Waals surface area (Å²) in [6.07, 6.45) is 0. The van der Waals surface area contributed by atoms with Crippen molar-refractivity contribution in [3.05, 3.63) is 23.8 Å². The Labute approximate surface area is 97.8 Å². The standard InChI is InChI=1S/C11H14F2N2O2/c1-11(2,17-3)10(16)15-9-7(13)4-6(12)5-8(9)14/h4-5H,14H2,1-3H3,(H,15,16). The number of hydrogen-bond acceptors (Lipinski definition) is 3. The maximum Gasteiger partial charge on any atom is 0.256 e. The van der Waals surface area contributed by atoms with Gasteiger partial charge in [0.25, 0.3) is 5.91 Å². The molecule has 0 heterocycles. The van der Waals surface area contributed by atoms with Crippen molar-refractivity contribution in [3.8, 4) is 0 Å². The van der Waals surface area contributed by atoms with Crippen molar-refractivity contribution in [1.82, 2.24) is 0 Å². The number of methoxy groups -OCH3 is 1. The Kier molecular flexibility index (Phi) is 3.67. The molecule has 0 unspecified atom stereocenters. The molecule has 0 aromatic heterocycles. The number of nitrogen functional groups attached to an aromatic ring is 1. The van der Waals surface area contributed by atoms with Crippen LogP contribution in [0.1, 0.15) is 13.8 Å².